The Kier molecular flexibility index (Phi) is 8.43. The molecule has 1 aromatic carbocycles. The molecular weight excluding hydrogens is 396 g/mol. The summed E-state index contributed by atoms with van der Waals surface area (Å²) in [5, 5.41) is 4.41. The molecule has 10 heteroatoms. The van der Waals surface area contributed by atoms with E-state index in [0.29, 0.717) is 6.07 Å². The van der Waals surface area contributed by atoms with Crippen LogP contribution >= 0.6 is 0 Å². The maximum Gasteiger partial charge on any atom is 0.416 e. The second kappa shape index (κ2) is 10.3. The minimum Gasteiger partial charge on any atom is -0.495 e. The van der Waals surface area contributed by atoms with E-state index < -0.39 is 29.6 Å². The van der Waals surface area contributed by atoms with Gasteiger partial charge in [0.1, 0.15) is 11.6 Å². The van der Waals surface area contributed by atoms with Gasteiger partial charge in [0.25, 0.3) is 0 Å². The molecule has 0 spiro atoms. The molecule has 0 aliphatic carbocycles. The van der Waals surface area contributed by atoms with Gasteiger partial charge in [-0.25, -0.2) is 14.0 Å². The van der Waals surface area contributed by atoms with Crippen LogP contribution in [0.4, 0.5) is 28.0 Å². The molecule has 0 fully saturated rings. The predicted octanol–water partition coefficient (Wildman–Crippen LogP) is 4.71. The van der Waals surface area contributed by atoms with Crippen LogP contribution in [0.15, 0.2) is 53.5 Å². The first kappa shape index (κ1) is 23.7. The Morgan fingerprint density at radius 1 is 1.14 bits per heavy atom. The molecule has 0 radical (unpaired) electrons. The Balaban J connectivity index is 3.11. The van der Waals surface area contributed by atoms with Crippen LogP contribution in [0.1, 0.15) is 19.4 Å². The third-order valence-corrected chi connectivity index (χ3v) is 3.56. The average Bonchev–Trinajstić information content (AvgIpc) is 2.66. The zero-order valence-corrected chi connectivity index (χ0v) is 16.1. The van der Waals surface area contributed by atoms with E-state index in [9.17, 15) is 27.2 Å². The van der Waals surface area contributed by atoms with Crippen LogP contribution in [-0.2, 0) is 15.7 Å². The Hall–Kier alpha value is -3.30. The predicted molar refractivity (Wildman–Crippen MR) is 98.9 cm³/mol. The monoisotopic (exact) mass is 416 g/mol. The minimum absolute atomic E-state index is 0.0208. The molecule has 0 saturated heterocycles. The maximum atomic E-state index is 13.9. The van der Waals surface area contributed by atoms with Crippen molar-refractivity contribution in [1.82, 2.24) is 5.32 Å². The summed E-state index contributed by atoms with van der Waals surface area (Å²) >= 11 is 0. The van der Waals surface area contributed by atoms with Gasteiger partial charge in [0.05, 0.1) is 31.2 Å². The summed E-state index contributed by atoms with van der Waals surface area (Å²) in [5.74, 6) is -1.51. The summed E-state index contributed by atoms with van der Waals surface area (Å²) in [6, 6.07) is 1.53. The molecule has 0 aliphatic heterocycles. The molecule has 158 valence electrons. The Morgan fingerprint density at radius 3 is 2.28 bits per heavy atom. The Bertz CT molecular complexity index is 854. The first-order chi connectivity index (χ1) is 13.5. The molecule has 0 aliphatic rings. The number of hydrogen-bond acceptors (Lipinski definition) is 4. The molecule has 0 heterocycles. The molecule has 0 bridgehead atoms. The molecule has 1 aromatic rings. The fraction of sp³-hybridized carbons (Fsp3) is 0.263. The number of nitrogens with one attached hydrogen (secondary N) is 2. The molecule has 1 rings (SSSR count). The van der Waals surface area contributed by atoms with E-state index in [0.717, 1.165) is 32.2 Å². The van der Waals surface area contributed by atoms with Crippen molar-refractivity contribution >= 4 is 17.7 Å². The molecule has 6 nitrogen and oxygen atoms in total. The first-order valence-corrected chi connectivity index (χ1v) is 8.15. The van der Waals surface area contributed by atoms with E-state index in [1.165, 1.54) is 26.2 Å². The number of anilines is 1. The van der Waals surface area contributed by atoms with Crippen molar-refractivity contribution in [2.45, 2.75) is 20.0 Å². The van der Waals surface area contributed by atoms with Gasteiger partial charge in [-0.3, -0.25) is 0 Å². The number of alkyl halides is 3. The SMILES string of the molecule is CC=C(C=CC(=O)OC)C(NC(=O)Nc1cc(C(F)(F)F)ccc1OC)=C(C)F. The lowest BCUT2D eigenvalue weighted by Gasteiger charge is -2.16. The molecule has 2 amide bonds. The van der Waals surface area contributed by atoms with E-state index in [1.807, 2.05) is 0 Å². The molecular formula is C19H20F4N2O4. The topological polar surface area (TPSA) is 76.7 Å². The maximum absolute atomic E-state index is 13.9. The van der Waals surface area contributed by atoms with Gasteiger partial charge in [0.2, 0.25) is 0 Å². The zero-order chi connectivity index (χ0) is 22.2. The van der Waals surface area contributed by atoms with Crippen LogP contribution in [0, 0.1) is 0 Å². The van der Waals surface area contributed by atoms with Gasteiger partial charge in [-0.15, -0.1) is 0 Å². The third-order valence-electron chi connectivity index (χ3n) is 3.56. The second-order valence-electron chi connectivity index (χ2n) is 5.50. The molecule has 2 N–H and O–H groups in total. The first-order valence-electron chi connectivity index (χ1n) is 8.15. The summed E-state index contributed by atoms with van der Waals surface area (Å²) in [6.07, 6.45) is -0.970. The minimum atomic E-state index is -4.63. The van der Waals surface area contributed by atoms with Crippen LogP contribution in [0.3, 0.4) is 0 Å². The quantitative estimate of drug-likeness (QED) is 0.305. The number of amides is 2. The summed E-state index contributed by atoms with van der Waals surface area (Å²) in [4.78, 5) is 23.5. The standard InChI is InChI=1S/C19H20F4N2O4/c1-5-12(6-9-16(26)29-4)17(11(2)20)25-18(27)24-14-10-13(19(21,22)23)7-8-15(14)28-3/h5-10H,1-4H3,(H2,24,25,27). The van der Waals surface area contributed by atoms with Crippen molar-refractivity contribution < 1.29 is 36.6 Å². The van der Waals surface area contributed by atoms with Crippen LogP contribution in [-0.4, -0.2) is 26.2 Å². The van der Waals surface area contributed by atoms with Crippen molar-refractivity contribution in [2.75, 3.05) is 19.5 Å². The summed E-state index contributed by atoms with van der Waals surface area (Å²) in [5.41, 5.74) is -1.40. The Morgan fingerprint density at radius 2 is 1.79 bits per heavy atom. The highest BCUT2D eigenvalue weighted by Crippen LogP contribution is 2.35. The van der Waals surface area contributed by atoms with Crippen LogP contribution < -0.4 is 15.4 Å². The van der Waals surface area contributed by atoms with E-state index in [4.69, 9.17) is 4.74 Å². The number of benzene rings is 1. The van der Waals surface area contributed by atoms with Gasteiger partial charge < -0.3 is 20.1 Å². The number of methoxy groups -OCH3 is 2. The fourth-order valence-corrected chi connectivity index (χ4v) is 2.16. The highest BCUT2D eigenvalue weighted by atomic mass is 19.4. The summed E-state index contributed by atoms with van der Waals surface area (Å²) < 4.78 is 62.1. The van der Waals surface area contributed by atoms with Crippen molar-refractivity contribution in [3.8, 4) is 5.75 Å². The summed E-state index contributed by atoms with van der Waals surface area (Å²) in [6.45, 7) is 2.60. The van der Waals surface area contributed by atoms with Crippen LogP contribution in [0.25, 0.3) is 0 Å². The van der Waals surface area contributed by atoms with Crippen molar-refractivity contribution in [3.63, 3.8) is 0 Å². The second-order valence-corrected chi connectivity index (χ2v) is 5.50. The van der Waals surface area contributed by atoms with Gasteiger partial charge >= 0.3 is 18.2 Å². The van der Waals surface area contributed by atoms with Gasteiger partial charge in [-0.1, -0.05) is 6.08 Å². The molecule has 0 unspecified atom stereocenters. The van der Waals surface area contributed by atoms with Gasteiger partial charge in [0.15, 0.2) is 0 Å². The number of urea groups is 1. The lowest BCUT2D eigenvalue weighted by atomic mass is 10.1. The number of halogens is 4. The van der Waals surface area contributed by atoms with E-state index in [1.54, 1.807) is 0 Å². The van der Waals surface area contributed by atoms with E-state index in [-0.39, 0.29) is 22.7 Å². The number of ether oxygens (including phenoxy) is 2. The average molecular weight is 416 g/mol. The van der Waals surface area contributed by atoms with Gasteiger partial charge in [-0.05, 0) is 43.7 Å². The molecule has 0 saturated carbocycles. The number of allylic oxidation sites excluding steroid dienone is 3. The highest BCUT2D eigenvalue weighted by Gasteiger charge is 2.31. The zero-order valence-electron chi connectivity index (χ0n) is 16.1. The van der Waals surface area contributed by atoms with Gasteiger partial charge in [-0.2, -0.15) is 13.2 Å². The van der Waals surface area contributed by atoms with Crippen molar-refractivity contribution in [3.05, 3.63) is 59.1 Å². The highest BCUT2D eigenvalue weighted by molar-refractivity contribution is 5.93. The largest absolute Gasteiger partial charge is 0.495 e. The number of carbonyl (C=O) groups excluding carboxylic acids is 2. The van der Waals surface area contributed by atoms with Crippen LogP contribution in [0.5, 0.6) is 5.75 Å². The fourth-order valence-electron chi connectivity index (χ4n) is 2.16. The Labute approximate surface area is 164 Å². The van der Waals surface area contributed by atoms with Crippen molar-refractivity contribution in [1.29, 1.82) is 0 Å². The normalized spacial score (nSPS) is 13.0. The van der Waals surface area contributed by atoms with E-state index in [2.05, 4.69) is 15.4 Å². The van der Waals surface area contributed by atoms with Gasteiger partial charge in [0, 0.05) is 6.08 Å². The lowest BCUT2D eigenvalue weighted by molar-refractivity contribution is -0.137. The van der Waals surface area contributed by atoms with E-state index >= 15 is 0 Å². The lowest BCUT2D eigenvalue weighted by Crippen LogP contribution is -2.29. The molecule has 0 atom stereocenters. The van der Waals surface area contributed by atoms with Crippen LogP contribution in [0.2, 0.25) is 0 Å². The smallest absolute Gasteiger partial charge is 0.416 e. The molecule has 29 heavy (non-hydrogen) atoms. The molecule has 0 aromatic heterocycles. The number of rotatable bonds is 6. The third kappa shape index (κ3) is 6.98. The number of esters is 1. The van der Waals surface area contributed by atoms with Crippen molar-refractivity contribution in [2.24, 2.45) is 0 Å². The summed E-state index contributed by atoms with van der Waals surface area (Å²) in [7, 11) is 2.38. The number of carbonyl (C=O) groups is 2. The number of hydrogen-bond donors (Lipinski definition) is 2.